The van der Waals surface area contributed by atoms with Crippen molar-refractivity contribution in [3.05, 3.63) is 46.8 Å². The van der Waals surface area contributed by atoms with Gasteiger partial charge in [-0.3, -0.25) is 0 Å². The van der Waals surface area contributed by atoms with Crippen LogP contribution in [0.2, 0.25) is 0 Å². The van der Waals surface area contributed by atoms with Crippen LogP contribution in [-0.2, 0) is 4.74 Å². The Kier molecular flexibility index (Phi) is 5.84. The van der Waals surface area contributed by atoms with E-state index in [0.717, 1.165) is 16.7 Å². The van der Waals surface area contributed by atoms with E-state index in [0.29, 0.717) is 25.9 Å². The Hall–Kier alpha value is -2.35. The van der Waals surface area contributed by atoms with Crippen molar-refractivity contribution < 1.29 is 13.9 Å². The van der Waals surface area contributed by atoms with Crippen molar-refractivity contribution in [1.82, 2.24) is 4.90 Å². The second kappa shape index (κ2) is 7.69. The molecule has 1 aromatic carbocycles. The predicted molar refractivity (Wildman–Crippen MR) is 94.6 cm³/mol. The zero-order valence-electron chi connectivity index (χ0n) is 15.3. The minimum absolute atomic E-state index is 0.0635. The van der Waals surface area contributed by atoms with E-state index in [2.05, 4.69) is 6.07 Å². The molecule has 1 amide bonds. The van der Waals surface area contributed by atoms with Gasteiger partial charge in [0.1, 0.15) is 11.4 Å². The van der Waals surface area contributed by atoms with Gasteiger partial charge in [0, 0.05) is 25.4 Å². The zero-order valence-corrected chi connectivity index (χ0v) is 15.3. The van der Waals surface area contributed by atoms with Crippen LogP contribution in [0, 0.1) is 24.1 Å². The Labute approximate surface area is 148 Å². The smallest absolute Gasteiger partial charge is 0.410 e. The first kappa shape index (κ1) is 19.0. The third-order valence-electron chi connectivity index (χ3n) is 4.25. The lowest BCUT2D eigenvalue weighted by Gasteiger charge is -2.31. The van der Waals surface area contributed by atoms with Crippen LogP contribution in [0.25, 0.3) is 0 Å². The molecule has 1 aliphatic rings. The summed E-state index contributed by atoms with van der Waals surface area (Å²) in [6.45, 7) is 8.41. The summed E-state index contributed by atoms with van der Waals surface area (Å²) in [4.78, 5) is 13.8. The monoisotopic (exact) mass is 344 g/mol. The Bertz CT molecular complexity index is 713. The van der Waals surface area contributed by atoms with Gasteiger partial charge >= 0.3 is 6.09 Å². The van der Waals surface area contributed by atoms with Gasteiger partial charge in [0.25, 0.3) is 0 Å². The van der Waals surface area contributed by atoms with E-state index in [9.17, 15) is 14.4 Å². The number of aryl methyl sites for hydroxylation is 1. The van der Waals surface area contributed by atoms with Gasteiger partial charge < -0.3 is 9.64 Å². The highest BCUT2D eigenvalue weighted by Crippen LogP contribution is 2.34. The van der Waals surface area contributed by atoms with E-state index in [1.165, 1.54) is 12.1 Å². The highest BCUT2D eigenvalue weighted by molar-refractivity contribution is 5.68. The SMILES string of the molecule is Cc1cc(F)ccc1C(CC#N)C1=CCN(C(=O)OC(C)(C)C)CC1. The standard InChI is InChI=1S/C20H25FN2O2/c1-14-13-16(21)5-6-17(14)18(7-10-22)15-8-11-23(12-9-15)19(24)25-20(2,3)4/h5-6,8,13,18H,7,9,11-12H2,1-4H3. The fraction of sp³-hybridized carbons (Fsp3) is 0.500. The van der Waals surface area contributed by atoms with E-state index in [4.69, 9.17) is 4.74 Å². The Morgan fingerprint density at radius 3 is 2.68 bits per heavy atom. The second-order valence-electron chi connectivity index (χ2n) is 7.37. The van der Waals surface area contributed by atoms with Crippen molar-refractivity contribution in [3.8, 4) is 6.07 Å². The fourth-order valence-electron chi connectivity index (χ4n) is 3.06. The first-order valence-corrected chi connectivity index (χ1v) is 8.51. The molecular weight excluding hydrogens is 319 g/mol. The fourth-order valence-corrected chi connectivity index (χ4v) is 3.06. The van der Waals surface area contributed by atoms with E-state index >= 15 is 0 Å². The summed E-state index contributed by atoms with van der Waals surface area (Å²) >= 11 is 0. The van der Waals surface area contributed by atoms with E-state index < -0.39 is 5.60 Å². The molecule has 1 aromatic rings. The number of hydrogen-bond donors (Lipinski definition) is 0. The largest absolute Gasteiger partial charge is 0.444 e. The van der Waals surface area contributed by atoms with Crippen LogP contribution in [0.4, 0.5) is 9.18 Å². The minimum atomic E-state index is -0.518. The summed E-state index contributed by atoms with van der Waals surface area (Å²) < 4.78 is 18.8. The molecule has 0 spiro atoms. The summed E-state index contributed by atoms with van der Waals surface area (Å²) in [5.41, 5.74) is 2.42. The highest BCUT2D eigenvalue weighted by atomic mass is 19.1. The van der Waals surface area contributed by atoms with E-state index in [1.54, 1.807) is 11.0 Å². The van der Waals surface area contributed by atoms with Crippen molar-refractivity contribution in [2.75, 3.05) is 13.1 Å². The molecule has 0 N–H and O–H groups in total. The summed E-state index contributed by atoms with van der Waals surface area (Å²) in [7, 11) is 0. The Balaban J connectivity index is 2.16. The van der Waals surface area contributed by atoms with Gasteiger partial charge in [-0.2, -0.15) is 5.26 Å². The van der Waals surface area contributed by atoms with Crippen LogP contribution < -0.4 is 0 Å². The van der Waals surface area contributed by atoms with Gasteiger partial charge in [-0.15, -0.1) is 0 Å². The molecule has 0 aromatic heterocycles. The summed E-state index contributed by atoms with van der Waals surface area (Å²) in [6, 6.07) is 6.92. The number of carbonyl (C=O) groups excluding carboxylic acids is 1. The van der Waals surface area contributed by atoms with Crippen molar-refractivity contribution in [2.24, 2.45) is 0 Å². The molecule has 0 fully saturated rings. The number of halogens is 1. The van der Waals surface area contributed by atoms with E-state index in [1.807, 2.05) is 33.8 Å². The van der Waals surface area contributed by atoms with Crippen LogP contribution >= 0.6 is 0 Å². The minimum Gasteiger partial charge on any atom is -0.444 e. The maximum absolute atomic E-state index is 13.4. The van der Waals surface area contributed by atoms with Gasteiger partial charge in [-0.25, -0.2) is 9.18 Å². The topological polar surface area (TPSA) is 53.3 Å². The van der Waals surface area contributed by atoms with Gasteiger partial charge in [-0.05, 0) is 57.4 Å². The summed E-state index contributed by atoms with van der Waals surface area (Å²) in [5, 5.41) is 9.21. The number of amides is 1. The zero-order chi connectivity index (χ0) is 18.6. The lowest BCUT2D eigenvalue weighted by Crippen LogP contribution is -2.39. The Morgan fingerprint density at radius 2 is 2.16 bits per heavy atom. The van der Waals surface area contributed by atoms with Crippen LogP contribution in [0.1, 0.15) is 50.7 Å². The lowest BCUT2D eigenvalue weighted by molar-refractivity contribution is 0.0265. The molecule has 1 aliphatic heterocycles. The van der Waals surface area contributed by atoms with Crippen LogP contribution in [0.3, 0.4) is 0 Å². The molecule has 0 radical (unpaired) electrons. The number of ether oxygens (including phenoxy) is 1. The van der Waals surface area contributed by atoms with Crippen LogP contribution in [-0.4, -0.2) is 29.7 Å². The predicted octanol–water partition coefficient (Wildman–Crippen LogP) is 4.70. The van der Waals surface area contributed by atoms with Gasteiger partial charge in [0.05, 0.1) is 6.07 Å². The molecule has 1 atom stereocenters. The normalized spacial score (nSPS) is 16.0. The number of hydrogen-bond acceptors (Lipinski definition) is 3. The quantitative estimate of drug-likeness (QED) is 0.747. The average molecular weight is 344 g/mol. The van der Waals surface area contributed by atoms with Gasteiger partial charge in [0.15, 0.2) is 0 Å². The molecule has 0 bridgehead atoms. The highest BCUT2D eigenvalue weighted by Gasteiger charge is 2.26. The molecule has 1 heterocycles. The average Bonchev–Trinajstić information content (AvgIpc) is 2.52. The van der Waals surface area contributed by atoms with Crippen molar-refractivity contribution in [2.45, 2.75) is 52.1 Å². The van der Waals surface area contributed by atoms with E-state index in [-0.39, 0.29) is 17.8 Å². The maximum atomic E-state index is 13.4. The second-order valence-corrected chi connectivity index (χ2v) is 7.37. The molecule has 0 aliphatic carbocycles. The third-order valence-corrected chi connectivity index (χ3v) is 4.25. The van der Waals surface area contributed by atoms with Gasteiger partial charge in [0.2, 0.25) is 0 Å². The number of carbonyl (C=O) groups is 1. The first-order chi connectivity index (χ1) is 11.7. The number of nitrogens with zero attached hydrogens (tertiary/aromatic N) is 2. The molecule has 1 unspecified atom stereocenters. The number of benzene rings is 1. The first-order valence-electron chi connectivity index (χ1n) is 8.51. The molecule has 5 heteroatoms. The number of nitriles is 1. The number of rotatable bonds is 3. The summed E-state index contributed by atoms with van der Waals surface area (Å²) in [5.74, 6) is -0.336. The van der Waals surface area contributed by atoms with Crippen LogP contribution in [0.15, 0.2) is 29.8 Å². The third kappa shape index (κ3) is 5.06. The molecule has 2 rings (SSSR count). The molecule has 4 nitrogen and oxygen atoms in total. The van der Waals surface area contributed by atoms with Crippen LogP contribution in [0.5, 0.6) is 0 Å². The molecule has 0 saturated heterocycles. The Morgan fingerprint density at radius 1 is 1.44 bits per heavy atom. The van der Waals surface area contributed by atoms with Crippen molar-refractivity contribution >= 4 is 6.09 Å². The lowest BCUT2D eigenvalue weighted by atomic mass is 9.83. The van der Waals surface area contributed by atoms with Crippen molar-refractivity contribution in [1.29, 1.82) is 5.26 Å². The summed E-state index contributed by atoms with van der Waals surface area (Å²) in [6.07, 6.45) is 2.70. The van der Waals surface area contributed by atoms with Crippen molar-refractivity contribution in [3.63, 3.8) is 0 Å². The molecule has 25 heavy (non-hydrogen) atoms. The van der Waals surface area contributed by atoms with Gasteiger partial charge in [-0.1, -0.05) is 17.7 Å². The molecular formula is C20H25FN2O2. The maximum Gasteiger partial charge on any atom is 0.410 e. The molecule has 0 saturated carbocycles. The molecule has 134 valence electrons.